The normalized spacial score (nSPS) is 32.1. The van der Waals surface area contributed by atoms with Gasteiger partial charge in [-0.15, -0.1) is 0 Å². The Bertz CT molecular complexity index is 305. The van der Waals surface area contributed by atoms with Crippen molar-refractivity contribution < 1.29 is 4.79 Å². The largest absolute Gasteiger partial charge is 0.336 e. The number of rotatable bonds is 2. The van der Waals surface area contributed by atoms with E-state index in [1.54, 1.807) is 0 Å². The Morgan fingerprint density at radius 2 is 1.67 bits per heavy atom. The molecule has 3 atom stereocenters. The molecular weight excluding hydrogens is 224 g/mol. The van der Waals surface area contributed by atoms with E-state index in [-0.39, 0.29) is 0 Å². The maximum Gasteiger partial charge on any atom is 0.237 e. The van der Waals surface area contributed by atoms with Gasteiger partial charge in [0, 0.05) is 12.1 Å². The van der Waals surface area contributed by atoms with Gasteiger partial charge in [0.25, 0.3) is 0 Å². The number of amides is 1. The van der Waals surface area contributed by atoms with E-state index in [0.29, 0.717) is 30.0 Å². The van der Waals surface area contributed by atoms with Crippen molar-refractivity contribution in [2.24, 2.45) is 11.3 Å². The molecule has 2 aliphatic heterocycles. The second-order valence-electron chi connectivity index (χ2n) is 7.46. The molecule has 2 bridgehead atoms. The third-order valence-corrected chi connectivity index (χ3v) is 4.70. The molecule has 0 N–H and O–H groups in total. The summed E-state index contributed by atoms with van der Waals surface area (Å²) in [5.41, 5.74) is 0.386. The lowest BCUT2D eigenvalue weighted by molar-refractivity contribution is -0.137. The number of hydrogen-bond acceptors (Lipinski definition) is 2. The van der Waals surface area contributed by atoms with Gasteiger partial charge in [-0.3, -0.25) is 4.79 Å². The van der Waals surface area contributed by atoms with Crippen LogP contribution in [0.15, 0.2) is 0 Å². The van der Waals surface area contributed by atoms with Crippen molar-refractivity contribution in [3.63, 3.8) is 0 Å². The number of fused-ring (bicyclic) bond motifs is 2. The molecule has 0 aromatic carbocycles. The minimum absolute atomic E-state index is 0.333. The van der Waals surface area contributed by atoms with Gasteiger partial charge in [-0.05, 0) is 51.1 Å². The lowest BCUT2D eigenvalue weighted by Crippen LogP contribution is -2.51. The highest BCUT2D eigenvalue weighted by Crippen LogP contribution is 2.45. The molecule has 2 fully saturated rings. The molecule has 2 heterocycles. The van der Waals surface area contributed by atoms with Gasteiger partial charge in [0.1, 0.15) is 0 Å². The van der Waals surface area contributed by atoms with Crippen LogP contribution in [0.3, 0.4) is 0 Å². The van der Waals surface area contributed by atoms with E-state index >= 15 is 0 Å². The molecule has 104 valence electrons. The van der Waals surface area contributed by atoms with Crippen LogP contribution in [-0.4, -0.2) is 48.4 Å². The highest BCUT2D eigenvalue weighted by molar-refractivity contribution is 5.79. The maximum absolute atomic E-state index is 12.3. The zero-order chi connectivity index (χ0) is 13.5. The van der Waals surface area contributed by atoms with E-state index in [9.17, 15) is 4.79 Å². The average molecular weight is 252 g/mol. The Labute approximate surface area is 112 Å². The summed E-state index contributed by atoms with van der Waals surface area (Å²) in [5, 5.41) is 0. The number of carbonyl (C=O) groups excluding carboxylic acids is 1. The van der Waals surface area contributed by atoms with Crippen LogP contribution in [-0.2, 0) is 4.79 Å². The van der Waals surface area contributed by atoms with Crippen molar-refractivity contribution in [1.29, 1.82) is 0 Å². The Morgan fingerprint density at radius 1 is 1.17 bits per heavy atom. The first-order valence-electron chi connectivity index (χ1n) is 7.25. The highest BCUT2D eigenvalue weighted by atomic mass is 16.2. The Morgan fingerprint density at radius 3 is 2.06 bits per heavy atom. The van der Waals surface area contributed by atoms with Crippen molar-refractivity contribution in [3.8, 4) is 0 Å². The summed E-state index contributed by atoms with van der Waals surface area (Å²) in [4.78, 5) is 16.5. The molecular formula is C15H28N2O. The summed E-state index contributed by atoms with van der Waals surface area (Å²) >= 11 is 0. The zero-order valence-corrected chi connectivity index (χ0v) is 12.6. The monoisotopic (exact) mass is 252 g/mol. The molecule has 0 radical (unpaired) electrons. The van der Waals surface area contributed by atoms with E-state index in [1.807, 2.05) is 19.0 Å². The molecule has 2 aliphatic rings. The van der Waals surface area contributed by atoms with Crippen LogP contribution in [0.1, 0.15) is 46.5 Å². The minimum atomic E-state index is 0.333. The SMILES string of the molecule is CN(C)CC(=O)N1[C@@H]2CC[C@H]1CC(C(C)(C)C)C2. The Balaban J connectivity index is 2.04. The first-order chi connectivity index (χ1) is 8.29. The maximum atomic E-state index is 12.3. The molecule has 1 unspecified atom stereocenters. The van der Waals surface area contributed by atoms with Crippen molar-refractivity contribution in [1.82, 2.24) is 9.80 Å². The third-order valence-electron chi connectivity index (χ3n) is 4.70. The molecule has 0 aromatic rings. The van der Waals surface area contributed by atoms with E-state index < -0.39 is 0 Å². The van der Waals surface area contributed by atoms with Gasteiger partial charge in [0.2, 0.25) is 5.91 Å². The van der Waals surface area contributed by atoms with E-state index in [1.165, 1.54) is 25.7 Å². The average Bonchev–Trinajstić information content (AvgIpc) is 2.47. The minimum Gasteiger partial charge on any atom is -0.336 e. The van der Waals surface area contributed by atoms with Gasteiger partial charge in [-0.2, -0.15) is 0 Å². The number of hydrogen-bond donors (Lipinski definition) is 0. The molecule has 3 nitrogen and oxygen atoms in total. The summed E-state index contributed by atoms with van der Waals surface area (Å²) in [5.74, 6) is 1.11. The molecule has 3 heteroatoms. The molecule has 0 aliphatic carbocycles. The highest BCUT2D eigenvalue weighted by Gasteiger charge is 2.45. The molecule has 2 saturated heterocycles. The van der Waals surface area contributed by atoms with E-state index in [0.717, 1.165) is 5.92 Å². The summed E-state index contributed by atoms with van der Waals surface area (Å²) in [6.45, 7) is 7.59. The summed E-state index contributed by atoms with van der Waals surface area (Å²) in [7, 11) is 3.95. The summed E-state index contributed by atoms with van der Waals surface area (Å²) in [6, 6.07) is 1.03. The van der Waals surface area contributed by atoms with Crippen LogP contribution >= 0.6 is 0 Å². The van der Waals surface area contributed by atoms with Crippen molar-refractivity contribution in [3.05, 3.63) is 0 Å². The molecule has 18 heavy (non-hydrogen) atoms. The fraction of sp³-hybridized carbons (Fsp3) is 0.933. The van der Waals surface area contributed by atoms with Gasteiger partial charge in [-0.25, -0.2) is 0 Å². The molecule has 0 aromatic heterocycles. The molecule has 0 saturated carbocycles. The van der Waals surface area contributed by atoms with Crippen molar-refractivity contribution in [2.45, 2.75) is 58.5 Å². The lowest BCUT2D eigenvalue weighted by atomic mass is 9.73. The van der Waals surface area contributed by atoms with Gasteiger partial charge < -0.3 is 9.80 Å². The topological polar surface area (TPSA) is 23.6 Å². The van der Waals surface area contributed by atoms with Gasteiger partial charge in [0.15, 0.2) is 0 Å². The molecule has 2 rings (SSSR count). The van der Waals surface area contributed by atoms with Crippen LogP contribution in [0.5, 0.6) is 0 Å². The Kier molecular flexibility index (Phi) is 3.72. The van der Waals surface area contributed by atoms with Gasteiger partial charge in [-0.1, -0.05) is 20.8 Å². The lowest BCUT2D eigenvalue weighted by Gasteiger charge is -2.44. The Hall–Kier alpha value is -0.570. The first-order valence-corrected chi connectivity index (χ1v) is 7.25. The quantitative estimate of drug-likeness (QED) is 0.753. The van der Waals surface area contributed by atoms with Crippen LogP contribution in [0.25, 0.3) is 0 Å². The van der Waals surface area contributed by atoms with Crippen LogP contribution in [0.4, 0.5) is 0 Å². The smallest absolute Gasteiger partial charge is 0.237 e. The fourth-order valence-electron chi connectivity index (χ4n) is 3.64. The van der Waals surface area contributed by atoms with Crippen LogP contribution in [0.2, 0.25) is 0 Å². The predicted molar refractivity (Wildman–Crippen MR) is 74.4 cm³/mol. The second-order valence-corrected chi connectivity index (χ2v) is 7.46. The number of likely N-dealkylation sites (N-methyl/N-ethyl adjacent to an activating group) is 1. The second kappa shape index (κ2) is 4.84. The summed E-state index contributed by atoms with van der Waals surface area (Å²) in [6.07, 6.45) is 4.85. The third kappa shape index (κ3) is 2.71. The number of carbonyl (C=O) groups is 1. The van der Waals surface area contributed by atoms with Crippen LogP contribution in [0, 0.1) is 11.3 Å². The summed E-state index contributed by atoms with van der Waals surface area (Å²) < 4.78 is 0. The fourth-order valence-corrected chi connectivity index (χ4v) is 3.64. The standard InChI is InChI=1S/C15H28N2O/c1-15(2,3)11-8-12-6-7-13(9-11)17(12)14(18)10-16(4)5/h11-13H,6-10H2,1-5H3/t11?,12-,13+. The van der Waals surface area contributed by atoms with Gasteiger partial charge in [0.05, 0.1) is 6.54 Å². The zero-order valence-electron chi connectivity index (χ0n) is 12.6. The van der Waals surface area contributed by atoms with Crippen molar-refractivity contribution in [2.75, 3.05) is 20.6 Å². The van der Waals surface area contributed by atoms with Gasteiger partial charge >= 0.3 is 0 Å². The predicted octanol–water partition coefficient (Wildman–Crippen LogP) is 2.36. The van der Waals surface area contributed by atoms with Crippen LogP contribution < -0.4 is 0 Å². The molecule has 0 spiro atoms. The van der Waals surface area contributed by atoms with E-state index in [2.05, 4.69) is 25.7 Å². The number of piperidine rings is 1. The molecule has 1 amide bonds. The first kappa shape index (κ1) is 13.9. The van der Waals surface area contributed by atoms with Crippen molar-refractivity contribution >= 4 is 5.91 Å². The van der Waals surface area contributed by atoms with E-state index in [4.69, 9.17) is 0 Å². The number of nitrogens with zero attached hydrogens (tertiary/aromatic N) is 2.